The van der Waals surface area contributed by atoms with E-state index in [0.29, 0.717) is 19.4 Å². The summed E-state index contributed by atoms with van der Waals surface area (Å²) < 4.78 is 12.5. The quantitative estimate of drug-likeness (QED) is 0.572. The van der Waals surface area contributed by atoms with Gasteiger partial charge in [0.1, 0.15) is 12.4 Å². The molecule has 0 aliphatic rings. The Hall–Kier alpha value is -3.08. The zero-order valence-electron chi connectivity index (χ0n) is 16.9. The number of esters is 1. The molecule has 3 aromatic rings. The Morgan fingerprint density at radius 1 is 1.07 bits per heavy atom. The number of hydrogen-bond donors (Lipinski definition) is 0. The molecule has 0 bridgehead atoms. The first-order chi connectivity index (χ1) is 13.5. The van der Waals surface area contributed by atoms with Gasteiger partial charge in [0.2, 0.25) is 0 Å². The van der Waals surface area contributed by atoms with Crippen LogP contribution in [0.3, 0.4) is 0 Å². The first kappa shape index (κ1) is 19.7. The van der Waals surface area contributed by atoms with Crippen molar-refractivity contribution in [2.75, 3.05) is 7.11 Å². The van der Waals surface area contributed by atoms with Crippen LogP contribution in [0.2, 0.25) is 0 Å². The van der Waals surface area contributed by atoms with E-state index < -0.39 is 0 Å². The van der Waals surface area contributed by atoms with E-state index in [1.807, 2.05) is 42.9 Å². The fourth-order valence-corrected chi connectivity index (χ4v) is 3.28. The second kappa shape index (κ2) is 8.74. The lowest BCUT2D eigenvalue weighted by molar-refractivity contribution is -0.140. The van der Waals surface area contributed by atoms with Crippen molar-refractivity contribution in [3.05, 3.63) is 71.0 Å². The maximum atomic E-state index is 11.2. The van der Waals surface area contributed by atoms with Gasteiger partial charge in [-0.2, -0.15) is 5.10 Å². The number of aromatic nitrogens is 2. The van der Waals surface area contributed by atoms with Crippen LogP contribution in [0.4, 0.5) is 0 Å². The fraction of sp³-hybridized carbons (Fsp3) is 0.304. The van der Waals surface area contributed by atoms with Crippen LogP contribution in [0.25, 0.3) is 11.1 Å². The van der Waals surface area contributed by atoms with E-state index in [1.165, 1.54) is 12.7 Å². The minimum atomic E-state index is -0.195. The van der Waals surface area contributed by atoms with Crippen molar-refractivity contribution in [1.82, 2.24) is 9.78 Å². The van der Waals surface area contributed by atoms with Crippen molar-refractivity contribution in [2.24, 2.45) is 7.05 Å². The van der Waals surface area contributed by atoms with Gasteiger partial charge in [-0.1, -0.05) is 30.3 Å². The highest BCUT2D eigenvalue weighted by atomic mass is 16.5. The standard InChI is InChI=1S/C23H26N2O3/c1-16-23(17(2)25(3)24-16)20-7-5-6-19(14-20)15-28-21-11-8-18(9-12-21)10-13-22(26)27-4/h5-9,11-12,14H,10,13,15H2,1-4H3. The van der Waals surface area contributed by atoms with Crippen LogP contribution in [0, 0.1) is 13.8 Å². The lowest BCUT2D eigenvalue weighted by Gasteiger charge is -2.09. The largest absolute Gasteiger partial charge is 0.489 e. The van der Waals surface area contributed by atoms with Crippen molar-refractivity contribution in [3.63, 3.8) is 0 Å². The summed E-state index contributed by atoms with van der Waals surface area (Å²) >= 11 is 0. The molecule has 0 saturated carbocycles. The van der Waals surface area contributed by atoms with Crippen LogP contribution >= 0.6 is 0 Å². The van der Waals surface area contributed by atoms with Crippen LogP contribution < -0.4 is 4.74 Å². The molecule has 0 spiro atoms. The Bertz CT molecular complexity index is 958. The summed E-state index contributed by atoms with van der Waals surface area (Å²) in [7, 11) is 3.37. The van der Waals surface area contributed by atoms with Gasteiger partial charge in [0.05, 0.1) is 12.8 Å². The maximum Gasteiger partial charge on any atom is 0.305 e. The summed E-state index contributed by atoms with van der Waals surface area (Å²) in [5.74, 6) is 0.611. The summed E-state index contributed by atoms with van der Waals surface area (Å²) in [5, 5.41) is 4.51. The van der Waals surface area contributed by atoms with E-state index in [4.69, 9.17) is 4.74 Å². The SMILES string of the molecule is COC(=O)CCc1ccc(OCc2cccc(-c3c(C)nn(C)c3C)c2)cc1. The van der Waals surface area contributed by atoms with E-state index in [0.717, 1.165) is 33.8 Å². The summed E-state index contributed by atoms with van der Waals surface area (Å²) in [6.07, 6.45) is 1.05. The van der Waals surface area contributed by atoms with Gasteiger partial charge in [0.15, 0.2) is 0 Å². The third kappa shape index (κ3) is 4.60. The predicted molar refractivity (Wildman–Crippen MR) is 109 cm³/mol. The van der Waals surface area contributed by atoms with E-state index in [9.17, 15) is 4.79 Å². The first-order valence-corrected chi connectivity index (χ1v) is 9.36. The molecule has 0 aliphatic heterocycles. The number of aryl methyl sites for hydroxylation is 3. The number of carbonyl (C=O) groups is 1. The zero-order chi connectivity index (χ0) is 20.1. The molecule has 28 heavy (non-hydrogen) atoms. The van der Waals surface area contributed by atoms with E-state index in [2.05, 4.69) is 41.0 Å². The van der Waals surface area contributed by atoms with Gasteiger partial charge in [-0.25, -0.2) is 0 Å². The second-order valence-electron chi connectivity index (χ2n) is 6.88. The third-order valence-electron chi connectivity index (χ3n) is 4.90. The van der Waals surface area contributed by atoms with E-state index >= 15 is 0 Å². The number of carbonyl (C=O) groups excluding carboxylic acids is 1. The highest BCUT2D eigenvalue weighted by molar-refractivity contribution is 5.69. The van der Waals surface area contributed by atoms with Gasteiger partial charge in [0, 0.05) is 24.7 Å². The van der Waals surface area contributed by atoms with Crippen molar-refractivity contribution >= 4 is 5.97 Å². The molecule has 5 nitrogen and oxygen atoms in total. The molecule has 0 atom stereocenters. The average Bonchev–Trinajstić information content (AvgIpc) is 2.97. The minimum absolute atomic E-state index is 0.195. The lowest BCUT2D eigenvalue weighted by atomic mass is 10.0. The van der Waals surface area contributed by atoms with Crippen LogP contribution in [0.15, 0.2) is 48.5 Å². The minimum Gasteiger partial charge on any atom is -0.489 e. The van der Waals surface area contributed by atoms with Crippen LogP contribution in [-0.2, 0) is 29.6 Å². The molecule has 0 fully saturated rings. The monoisotopic (exact) mass is 378 g/mol. The van der Waals surface area contributed by atoms with Gasteiger partial charge < -0.3 is 9.47 Å². The zero-order valence-corrected chi connectivity index (χ0v) is 16.9. The van der Waals surface area contributed by atoms with E-state index in [-0.39, 0.29) is 5.97 Å². The first-order valence-electron chi connectivity index (χ1n) is 9.36. The van der Waals surface area contributed by atoms with Gasteiger partial charge >= 0.3 is 5.97 Å². The molecule has 0 unspecified atom stereocenters. The molecule has 0 N–H and O–H groups in total. The molecule has 5 heteroatoms. The lowest BCUT2D eigenvalue weighted by Crippen LogP contribution is -2.02. The summed E-state index contributed by atoms with van der Waals surface area (Å²) in [6.45, 7) is 4.61. The van der Waals surface area contributed by atoms with Crippen molar-refractivity contribution in [3.8, 4) is 16.9 Å². The summed E-state index contributed by atoms with van der Waals surface area (Å²) in [6, 6.07) is 16.2. The highest BCUT2D eigenvalue weighted by Gasteiger charge is 2.12. The molecular formula is C23H26N2O3. The summed E-state index contributed by atoms with van der Waals surface area (Å²) in [4.78, 5) is 11.2. The number of nitrogens with zero attached hydrogens (tertiary/aromatic N) is 2. The molecule has 2 aromatic carbocycles. The molecule has 1 heterocycles. The van der Waals surface area contributed by atoms with Crippen LogP contribution in [0.5, 0.6) is 5.75 Å². The van der Waals surface area contributed by atoms with Crippen molar-refractivity contribution in [1.29, 1.82) is 0 Å². The van der Waals surface area contributed by atoms with Gasteiger partial charge in [0.25, 0.3) is 0 Å². The molecule has 146 valence electrons. The fourth-order valence-electron chi connectivity index (χ4n) is 3.28. The van der Waals surface area contributed by atoms with Crippen molar-refractivity contribution < 1.29 is 14.3 Å². The summed E-state index contributed by atoms with van der Waals surface area (Å²) in [5.41, 5.74) is 6.71. The van der Waals surface area contributed by atoms with Crippen LogP contribution in [-0.4, -0.2) is 22.9 Å². The molecule has 0 amide bonds. The molecule has 1 aromatic heterocycles. The normalized spacial score (nSPS) is 10.7. The van der Waals surface area contributed by atoms with Crippen molar-refractivity contribution in [2.45, 2.75) is 33.3 Å². The predicted octanol–water partition coefficient (Wildman–Crippen LogP) is 4.39. The van der Waals surface area contributed by atoms with Crippen LogP contribution in [0.1, 0.15) is 28.9 Å². The average molecular weight is 378 g/mol. The topological polar surface area (TPSA) is 53.4 Å². The van der Waals surface area contributed by atoms with Gasteiger partial charge in [-0.3, -0.25) is 9.48 Å². The molecular weight excluding hydrogens is 352 g/mol. The second-order valence-corrected chi connectivity index (χ2v) is 6.88. The number of hydrogen-bond acceptors (Lipinski definition) is 4. The Labute approximate surface area is 165 Å². The maximum absolute atomic E-state index is 11.2. The van der Waals surface area contributed by atoms with Gasteiger partial charge in [-0.15, -0.1) is 0 Å². The molecule has 0 radical (unpaired) electrons. The Morgan fingerprint density at radius 2 is 1.82 bits per heavy atom. The highest BCUT2D eigenvalue weighted by Crippen LogP contribution is 2.27. The Morgan fingerprint density at radius 3 is 2.46 bits per heavy atom. The Kier molecular flexibility index (Phi) is 6.14. The smallest absolute Gasteiger partial charge is 0.305 e. The molecule has 0 aliphatic carbocycles. The van der Waals surface area contributed by atoms with Gasteiger partial charge in [-0.05, 0) is 55.2 Å². The third-order valence-corrected chi connectivity index (χ3v) is 4.90. The number of benzene rings is 2. The molecule has 3 rings (SSSR count). The van der Waals surface area contributed by atoms with E-state index in [1.54, 1.807) is 0 Å². The molecule has 0 saturated heterocycles. The number of rotatable bonds is 7. The number of ether oxygens (including phenoxy) is 2. The Balaban J connectivity index is 1.64. The number of methoxy groups -OCH3 is 1.